The topological polar surface area (TPSA) is 3.24 Å². The molecule has 0 bridgehead atoms. The third-order valence-electron chi connectivity index (χ3n) is 3.10. The molecule has 1 aromatic rings. The van der Waals surface area contributed by atoms with Gasteiger partial charge in [0, 0.05) is 18.8 Å². The predicted octanol–water partition coefficient (Wildman–Crippen LogP) is 3.56. The van der Waals surface area contributed by atoms with Gasteiger partial charge in [0.25, 0.3) is 0 Å². The lowest BCUT2D eigenvalue weighted by Gasteiger charge is -2.16. The van der Waals surface area contributed by atoms with Crippen molar-refractivity contribution in [1.82, 2.24) is 4.90 Å². The highest BCUT2D eigenvalue weighted by Crippen LogP contribution is 2.19. The van der Waals surface area contributed by atoms with E-state index >= 15 is 0 Å². The van der Waals surface area contributed by atoms with E-state index in [4.69, 9.17) is 0 Å². The Bertz CT molecular complexity index is 294. The molecule has 0 saturated heterocycles. The second kappa shape index (κ2) is 6.97. The average molecular weight is 237 g/mol. The van der Waals surface area contributed by atoms with Crippen molar-refractivity contribution in [2.24, 2.45) is 0 Å². The highest BCUT2D eigenvalue weighted by molar-refractivity contribution is 7.80. The molecule has 0 aliphatic carbocycles. The Kier molecular flexibility index (Phi) is 5.93. The Morgan fingerprint density at radius 1 is 1.25 bits per heavy atom. The summed E-state index contributed by atoms with van der Waals surface area (Å²) in [6.07, 6.45) is 1.21. The molecule has 0 aromatic heterocycles. The zero-order chi connectivity index (χ0) is 12.0. The van der Waals surface area contributed by atoms with Crippen molar-refractivity contribution in [3.63, 3.8) is 0 Å². The van der Waals surface area contributed by atoms with Crippen LogP contribution in [-0.4, -0.2) is 24.2 Å². The molecule has 0 amide bonds. The molecule has 0 aliphatic rings. The quantitative estimate of drug-likeness (QED) is 0.740. The van der Waals surface area contributed by atoms with Crippen molar-refractivity contribution in [3.8, 4) is 0 Å². The van der Waals surface area contributed by atoms with Crippen molar-refractivity contribution in [1.29, 1.82) is 0 Å². The Hall–Kier alpha value is -0.470. The molecule has 0 radical (unpaired) electrons. The largest absolute Gasteiger partial charge is 0.301 e. The summed E-state index contributed by atoms with van der Waals surface area (Å²) < 4.78 is 0. The van der Waals surface area contributed by atoms with E-state index < -0.39 is 0 Å². The summed E-state index contributed by atoms with van der Waals surface area (Å²) in [5.41, 5.74) is 2.83. The van der Waals surface area contributed by atoms with Gasteiger partial charge in [0.2, 0.25) is 0 Å². The van der Waals surface area contributed by atoms with Crippen molar-refractivity contribution in [3.05, 3.63) is 35.4 Å². The molecular weight excluding hydrogens is 214 g/mol. The summed E-state index contributed by atoms with van der Waals surface area (Å²) in [6, 6.07) is 9.02. The van der Waals surface area contributed by atoms with Gasteiger partial charge < -0.3 is 4.90 Å². The third kappa shape index (κ3) is 4.18. The monoisotopic (exact) mass is 237 g/mol. The van der Waals surface area contributed by atoms with Crippen molar-refractivity contribution < 1.29 is 0 Å². The summed E-state index contributed by atoms with van der Waals surface area (Å²) in [5.74, 6) is 1.59. The molecule has 0 heterocycles. The summed E-state index contributed by atoms with van der Waals surface area (Å²) in [4.78, 5) is 2.30. The van der Waals surface area contributed by atoms with Crippen LogP contribution in [0, 0.1) is 0 Å². The average Bonchev–Trinajstić information content (AvgIpc) is 2.29. The van der Waals surface area contributed by atoms with Crippen LogP contribution in [0.15, 0.2) is 24.3 Å². The van der Waals surface area contributed by atoms with Crippen LogP contribution < -0.4 is 0 Å². The van der Waals surface area contributed by atoms with E-state index in [9.17, 15) is 0 Å². The van der Waals surface area contributed by atoms with Crippen LogP contribution in [0.3, 0.4) is 0 Å². The first-order chi connectivity index (χ1) is 7.67. The normalized spacial score (nSPS) is 13.1. The summed E-state index contributed by atoms with van der Waals surface area (Å²) in [5, 5.41) is 0. The minimum atomic E-state index is 0.671. The van der Waals surface area contributed by atoms with Crippen LogP contribution in [0.5, 0.6) is 0 Å². The molecule has 0 aliphatic heterocycles. The minimum absolute atomic E-state index is 0.671. The minimum Gasteiger partial charge on any atom is -0.301 e. The number of rotatable bonds is 6. The van der Waals surface area contributed by atoms with Crippen LogP contribution in [0.4, 0.5) is 0 Å². The lowest BCUT2D eigenvalue weighted by atomic mass is 9.97. The van der Waals surface area contributed by atoms with Gasteiger partial charge in [-0.15, -0.1) is 0 Å². The first kappa shape index (κ1) is 13.6. The fourth-order valence-corrected chi connectivity index (χ4v) is 2.09. The van der Waals surface area contributed by atoms with Crippen molar-refractivity contribution in [2.45, 2.75) is 32.7 Å². The van der Waals surface area contributed by atoms with E-state index in [1.807, 2.05) is 0 Å². The van der Waals surface area contributed by atoms with Gasteiger partial charge in [0.05, 0.1) is 0 Å². The number of thiol groups is 1. The van der Waals surface area contributed by atoms with Crippen LogP contribution in [0.25, 0.3) is 0 Å². The van der Waals surface area contributed by atoms with Gasteiger partial charge in [-0.05, 0) is 30.5 Å². The molecule has 1 unspecified atom stereocenters. The maximum absolute atomic E-state index is 4.24. The van der Waals surface area contributed by atoms with Gasteiger partial charge in [-0.1, -0.05) is 38.1 Å². The van der Waals surface area contributed by atoms with Gasteiger partial charge in [-0.25, -0.2) is 0 Å². The second-order valence-corrected chi connectivity index (χ2v) is 4.96. The Labute approximate surface area is 105 Å². The van der Waals surface area contributed by atoms with Crippen LogP contribution >= 0.6 is 12.6 Å². The first-order valence-corrected chi connectivity index (χ1v) is 6.68. The summed E-state index contributed by atoms with van der Waals surface area (Å²) in [7, 11) is 2.14. The Balaban J connectivity index is 2.57. The molecule has 1 atom stereocenters. The van der Waals surface area contributed by atoms with Gasteiger partial charge >= 0.3 is 0 Å². The van der Waals surface area contributed by atoms with E-state index in [1.165, 1.54) is 17.5 Å². The third-order valence-corrected chi connectivity index (χ3v) is 3.30. The Morgan fingerprint density at radius 3 is 2.38 bits per heavy atom. The maximum atomic E-state index is 4.24. The van der Waals surface area contributed by atoms with Gasteiger partial charge in [-0.2, -0.15) is 12.6 Å². The molecular formula is C14H23NS. The molecule has 2 heteroatoms. The smallest absolute Gasteiger partial charge is 0.0231 e. The SMILES string of the molecule is CCC(C)c1ccc(CN(C)CCS)cc1. The van der Waals surface area contributed by atoms with E-state index in [0.717, 1.165) is 18.8 Å². The van der Waals surface area contributed by atoms with Crippen LogP contribution in [0.1, 0.15) is 37.3 Å². The zero-order valence-electron chi connectivity index (χ0n) is 10.6. The molecule has 0 fully saturated rings. The summed E-state index contributed by atoms with van der Waals surface area (Å²) in [6.45, 7) is 6.57. The molecule has 1 aromatic carbocycles. The predicted molar refractivity (Wildman–Crippen MR) is 75.3 cm³/mol. The van der Waals surface area contributed by atoms with Crippen LogP contribution in [0.2, 0.25) is 0 Å². The molecule has 1 nitrogen and oxygen atoms in total. The fraction of sp³-hybridized carbons (Fsp3) is 0.571. The van der Waals surface area contributed by atoms with E-state index in [0.29, 0.717) is 5.92 Å². The van der Waals surface area contributed by atoms with Gasteiger partial charge in [-0.3, -0.25) is 0 Å². The fourth-order valence-electron chi connectivity index (χ4n) is 1.75. The van der Waals surface area contributed by atoms with Gasteiger partial charge in [0.1, 0.15) is 0 Å². The number of hydrogen-bond donors (Lipinski definition) is 1. The maximum Gasteiger partial charge on any atom is 0.0231 e. The molecule has 0 N–H and O–H groups in total. The standard InChI is InChI=1S/C14H23NS/c1-4-12(2)14-7-5-13(6-8-14)11-15(3)9-10-16/h5-8,12,16H,4,9-11H2,1-3H3. The zero-order valence-corrected chi connectivity index (χ0v) is 11.5. The van der Waals surface area contributed by atoms with Crippen LogP contribution in [-0.2, 0) is 6.54 Å². The summed E-state index contributed by atoms with van der Waals surface area (Å²) >= 11 is 4.24. The van der Waals surface area contributed by atoms with E-state index in [-0.39, 0.29) is 0 Å². The molecule has 16 heavy (non-hydrogen) atoms. The number of hydrogen-bond acceptors (Lipinski definition) is 2. The van der Waals surface area contributed by atoms with E-state index in [1.54, 1.807) is 0 Å². The molecule has 0 spiro atoms. The molecule has 0 saturated carbocycles. The molecule has 90 valence electrons. The van der Waals surface area contributed by atoms with Crippen molar-refractivity contribution in [2.75, 3.05) is 19.3 Å². The second-order valence-electron chi connectivity index (χ2n) is 4.51. The van der Waals surface area contributed by atoms with Gasteiger partial charge in [0.15, 0.2) is 0 Å². The first-order valence-electron chi connectivity index (χ1n) is 6.05. The lowest BCUT2D eigenvalue weighted by molar-refractivity contribution is 0.349. The lowest BCUT2D eigenvalue weighted by Crippen LogP contribution is -2.19. The van der Waals surface area contributed by atoms with Crippen molar-refractivity contribution >= 4 is 12.6 Å². The van der Waals surface area contributed by atoms with E-state index in [2.05, 4.69) is 62.7 Å². The highest BCUT2D eigenvalue weighted by Gasteiger charge is 2.03. The highest BCUT2D eigenvalue weighted by atomic mass is 32.1. The Morgan fingerprint density at radius 2 is 1.88 bits per heavy atom. The number of benzene rings is 1. The molecule has 1 rings (SSSR count). The number of nitrogens with zero attached hydrogens (tertiary/aromatic N) is 1.